The van der Waals surface area contributed by atoms with Crippen LogP contribution in [-0.4, -0.2) is 6.61 Å². The lowest BCUT2D eigenvalue weighted by Crippen LogP contribution is -2.11. The average molecular weight is 175 g/mol. The van der Waals surface area contributed by atoms with E-state index in [0.717, 1.165) is 5.56 Å². The van der Waals surface area contributed by atoms with Crippen LogP contribution in [-0.2, 0) is 0 Å². The number of nitrogens with two attached hydrogens (primary N) is 2. The first kappa shape index (κ1) is 7.90. The van der Waals surface area contributed by atoms with Crippen molar-refractivity contribution < 1.29 is 4.74 Å². The van der Waals surface area contributed by atoms with Gasteiger partial charge in [0.2, 0.25) is 0 Å². The monoisotopic (exact) mass is 175 g/mol. The molecule has 0 bridgehead atoms. The van der Waals surface area contributed by atoms with E-state index in [2.05, 4.69) is 6.07 Å². The molecule has 4 heteroatoms. The van der Waals surface area contributed by atoms with Gasteiger partial charge in [0.25, 0.3) is 0 Å². The first-order valence-electron chi connectivity index (χ1n) is 3.95. The van der Waals surface area contributed by atoms with E-state index in [1.165, 1.54) is 0 Å². The van der Waals surface area contributed by atoms with Crippen LogP contribution in [0.3, 0.4) is 0 Å². The second kappa shape index (κ2) is 2.64. The van der Waals surface area contributed by atoms with Gasteiger partial charge in [-0.1, -0.05) is 0 Å². The standard InChI is InChI=1S/C9H9N3O/c10-3-5-1-2-6(11)9-8(5)7(12)4-13-9/h1-2,7H,4,11-12H2/t7-/m1/s1. The number of fused-ring (bicyclic) bond motifs is 1. The highest BCUT2D eigenvalue weighted by atomic mass is 16.5. The van der Waals surface area contributed by atoms with Crippen LogP contribution in [0.1, 0.15) is 17.2 Å². The Bertz CT molecular complexity index is 395. The zero-order chi connectivity index (χ0) is 9.42. The Morgan fingerprint density at radius 1 is 1.54 bits per heavy atom. The van der Waals surface area contributed by atoms with Gasteiger partial charge in [-0.2, -0.15) is 5.26 Å². The highest BCUT2D eigenvalue weighted by molar-refractivity contribution is 5.64. The summed E-state index contributed by atoms with van der Waals surface area (Å²) in [5.74, 6) is 0.576. The molecule has 13 heavy (non-hydrogen) atoms. The molecule has 2 rings (SSSR count). The lowest BCUT2D eigenvalue weighted by molar-refractivity contribution is 0.334. The third-order valence-electron chi connectivity index (χ3n) is 2.13. The maximum atomic E-state index is 8.81. The third-order valence-corrected chi connectivity index (χ3v) is 2.13. The molecule has 4 N–H and O–H groups in total. The molecule has 1 aromatic carbocycles. The quantitative estimate of drug-likeness (QED) is 0.563. The van der Waals surface area contributed by atoms with Gasteiger partial charge in [0, 0.05) is 5.56 Å². The fourth-order valence-electron chi connectivity index (χ4n) is 1.50. The van der Waals surface area contributed by atoms with Gasteiger partial charge in [-0.25, -0.2) is 0 Å². The van der Waals surface area contributed by atoms with Crippen molar-refractivity contribution in [2.24, 2.45) is 5.73 Å². The summed E-state index contributed by atoms with van der Waals surface area (Å²) in [5, 5.41) is 8.81. The number of anilines is 1. The maximum absolute atomic E-state index is 8.81. The van der Waals surface area contributed by atoms with Crippen LogP contribution in [0.25, 0.3) is 0 Å². The molecule has 1 aliphatic rings. The molecule has 4 nitrogen and oxygen atoms in total. The smallest absolute Gasteiger partial charge is 0.148 e. The second-order valence-electron chi connectivity index (χ2n) is 2.97. The van der Waals surface area contributed by atoms with Gasteiger partial charge >= 0.3 is 0 Å². The molecule has 1 aliphatic heterocycles. The molecule has 0 fully saturated rings. The van der Waals surface area contributed by atoms with Crippen LogP contribution >= 0.6 is 0 Å². The predicted molar refractivity (Wildman–Crippen MR) is 48.0 cm³/mol. The van der Waals surface area contributed by atoms with Gasteiger partial charge in [-0.05, 0) is 12.1 Å². The van der Waals surface area contributed by atoms with E-state index in [4.69, 9.17) is 21.5 Å². The van der Waals surface area contributed by atoms with Gasteiger partial charge in [0.05, 0.1) is 23.4 Å². The molecule has 1 aromatic rings. The summed E-state index contributed by atoms with van der Waals surface area (Å²) in [6, 6.07) is 5.17. The van der Waals surface area contributed by atoms with E-state index in [-0.39, 0.29) is 6.04 Å². The van der Waals surface area contributed by atoms with E-state index in [0.29, 0.717) is 23.6 Å². The van der Waals surface area contributed by atoms with E-state index < -0.39 is 0 Å². The number of ether oxygens (including phenoxy) is 1. The van der Waals surface area contributed by atoms with Crippen molar-refractivity contribution in [1.82, 2.24) is 0 Å². The molecule has 0 aromatic heterocycles. The number of hydrogen-bond acceptors (Lipinski definition) is 4. The van der Waals surface area contributed by atoms with Gasteiger partial charge in [0.1, 0.15) is 12.4 Å². The molecular formula is C9H9N3O. The molecule has 0 unspecified atom stereocenters. The molecule has 0 amide bonds. The fraction of sp³-hybridized carbons (Fsp3) is 0.222. The van der Waals surface area contributed by atoms with Crippen LogP contribution < -0.4 is 16.2 Å². The molecule has 1 atom stereocenters. The van der Waals surface area contributed by atoms with Crippen LogP contribution in [0.5, 0.6) is 5.75 Å². The van der Waals surface area contributed by atoms with Gasteiger partial charge in [-0.15, -0.1) is 0 Å². The summed E-state index contributed by atoms with van der Waals surface area (Å²) in [7, 11) is 0. The lowest BCUT2D eigenvalue weighted by Gasteiger charge is -2.04. The molecule has 0 radical (unpaired) electrons. The van der Waals surface area contributed by atoms with Crippen LogP contribution in [0.15, 0.2) is 12.1 Å². The first-order valence-corrected chi connectivity index (χ1v) is 3.95. The Labute approximate surface area is 75.7 Å². The summed E-state index contributed by atoms with van der Waals surface area (Å²) in [4.78, 5) is 0. The molecule has 0 saturated carbocycles. The third kappa shape index (κ3) is 1.02. The summed E-state index contributed by atoms with van der Waals surface area (Å²) in [5.41, 5.74) is 13.3. The number of nitrogen functional groups attached to an aromatic ring is 1. The van der Waals surface area contributed by atoms with Gasteiger partial charge in [-0.3, -0.25) is 0 Å². The van der Waals surface area contributed by atoms with Crippen molar-refractivity contribution in [3.05, 3.63) is 23.3 Å². The first-order chi connectivity index (χ1) is 6.24. The number of rotatable bonds is 0. The fourth-order valence-corrected chi connectivity index (χ4v) is 1.50. The minimum absolute atomic E-state index is 0.229. The minimum atomic E-state index is -0.229. The van der Waals surface area contributed by atoms with Crippen LogP contribution in [0, 0.1) is 11.3 Å². The minimum Gasteiger partial charge on any atom is -0.489 e. The summed E-state index contributed by atoms with van der Waals surface area (Å²) in [6.07, 6.45) is 0. The summed E-state index contributed by atoms with van der Waals surface area (Å²) in [6.45, 7) is 0.401. The summed E-state index contributed by atoms with van der Waals surface area (Å²) >= 11 is 0. The normalized spacial score (nSPS) is 18.9. The Hall–Kier alpha value is -1.73. The van der Waals surface area contributed by atoms with E-state index in [1.807, 2.05) is 0 Å². The predicted octanol–water partition coefficient (Wildman–Crippen LogP) is 0.533. The Kier molecular flexibility index (Phi) is 1.61. The largest absolute Gasteiger partial charge is 0.489 e. The molecule has 1 heterocycles. The number of nitriles is 1. The zero-order valence-electron chi connectivity index (χ0n) is 6.95. The number of hydrogen-bond donors (Lipinski definition) is 2. The highest BCUT2D eigenvalue weighted by Crippen LogP contribution is 2.38. The van der Waals surface area contributed by atoms with Crippen molar-refractivity contribution in [2.45, 2.75) is 6.04 Å². The zero-order valence-corrected chi connectivity index (χ0v) is 6.95. The van der Waals surface area contributed by atoms with E-state index >= 15 is 0 Å². The Balaban J connectivity index is 2.68. The van der Waals surface area contributed by atoms with Crippen molar-refractivity contribution >= 4 is 5.69 Å². The van der Waals surface area contributed by atoms with Crippen LogP contribution in [0.4, 0.5) is 5.69 Å². The van der Waals surface area contributed by atoms with Crippen molar-refractivity contribution in [3.8, 4) is 11.8 Å². The van der Waals surface area contributed by atoms with Crippen molar-refractivity contribution in [1.29, 1.82) is 5.26 Å². The van der Waals surface area contributed by atoms with Crippen molar-refractivity contribution in [3.63, 3.8) is 0 Å². The molecule has 0 aliphatic carbocycles. The lowest BCUT2D eigenvalue weighted by atomic mass is 10.0. The number of nitrogens with zero attached hydrogens (tertiary/aromatic N) is 1. The van der Waals surface area contributed by atoms with Crippen LogP contribution in [0.2, 0.25) is 0 Å². The topological polar surface area (TPSA) is 85.1 Å². The second-order valence-corrected chi connectivity index (χ2v) is 2.97. The van der Waals surface area contributed by atoms with Gasteiger partial charge < -0.3 is 16.2 Å². The summed E-state index contributed by atoms with van der Waals surface area (Å²) < 4.78 is 5.28. The Morgan fingerprint density at radius 3 is 3.00 bits per heavy atom. The number of benzene rings is 1. The molecule has 0 saturated heterocycles. The van der Waals surface area contributed by atoms with E-state index in [9.17, 15) is 0 Å². The average Bonchev–Trinajstić information content (AvgIpc) is 2.51. The molecule has 66 valence electrons. The molecule has 0 spiro atoms. The van der Waals surface area contributed by atoms with E-state index in [1.54, 1.807) is 12.1 Å². The Morgan fingerprint density at radius 2 is 2.31 bits per heavy atom. The van der Waals surface area contributed by atoms with Crippen molar-refractivity contribution in [2.75, 3.05) is 12.3 Å². The maximum Gasteiger partial charge on any atom is 0.148 e. The highest BCUT2D eigenvalue weighted by Gasteiger charge is 2.25. The molecular weight excluding hydrogens is 166 g/mol. The SMILES string of the molecule is N#Cc1ccc(N)c2c1[C@H](N)CO2. The van der Waals surface area contributed by atoms with Gasteiger partial charge in [0.15, 0.2) is 0 Å².